The molecule has 0 aromatic heterocycles. The maximum Gasteiger partial charge on any atom is 0.469 e. The molecule has 0 aliphatic heterocycles. The molecule has 0 aromatic carbocycles. The summed E-state index contributed by atoms with van der Waals surface area (Å²) in [6.07, 6.45) is 44.8. The zero-order valence-corrected chi connectivity index (χ0v) is 31.5. The van der Waals surface area contributed by atoms with Crippen LogP contribution in [0.25, 0.3) is 0 Å². The molecule has 0 unspecified atom stereocenters. The summed E-state index contributed by atoms with van der Waals surface area (Å²) < 4.78 is 26.2. The van der Waals surface area contributed by atoms with E-state index in [1.165, 1.54) is 38.5 Å². The molecule has 0 aliphatic carbocycles. The van der Waals surface area contributed by atoms with Gasteiger partial charge in [-0.15, -0.1) is 0 Å². The van der Waals surface area contributed by atoms with Crippen LogP contribution in [-0.4, -0.2) is 41.0 Å². The van der Waals surface area contributed by atoms with Crippen LogP contribution >= 0.6 is 7.82 Å². The van der Waals surface area contributed by atoms with Crippen LogP contribution in [0.1, 0.15) is 149 Å². The van der Waals surface area contributed by atoms with E-state index in [1.807, 2.05) is 12.2 Å². The molecule has 9 heteroatoms. The molecule has 0 heterocycles. The van der Waals surface area contributed by atoms with Gasteiger partial charge in [-0.3, -0.25) is 14.1 Å². The van der Waals surface area contributed by atoms with Gasteiger partial charge in [0.05, 0.1) is 6.61 Å². The van der Waals surface area contributed by atoms with Crippen LogP contribution in [0.2, 0.25) is 0 Å². The summed E-state index contributed by atoms with van der Waals surface area (Å²) in [5.41, 5.74) is 0. The number of unbranched alkanes of at least 4 members (excludes halogenated alkanes) is 11. The van der Waals surface area contributed by atoms with Crippen molar-refractivity contribution in [1.82, 2.24) is 0 Å². The Morgan fingerprint density at radius 3 is 1.55 bits per heavy atom. The molecule has 1 atom stereocenters. The van der Waals surface area contributed by atoms with Crippen molar-refractivity contribution in [3.8, 4) is 0 Å². The zero-order chi connectivity index (χ0) is 36.1. The molecule has 0 rings (SSSR count). The minimum atomic E-state index is -4.77. The number of phosphoric ester groups is 1. The lowest BCUT2D eigenvalue weighted by Crippen LogP contribution is -2.29. The maximum absolute atomic E-state index is 12.3. The zero-order valence-electron chi connectivity index (χ0n) is 30.6. The van der Waals surface area contributed by atoms with E-state index in [0.29, 0.717) is 19.3 Å². The fourth-order valence-corrected chi connectivity index (χ4v) is 5.06. The van der Waals surface area contributed by atoms with Crippen LogP contribution in [0, 0.1) is 0 Å². The first-order chi connectivity index (χ1) is 23.8. The molecular formula is C40H67O8P. The van der Waals surface area contributed by atoms with Gasteiger partial charge < -0.3 is 19.3 Å². The van der Waals surface area contributed by atoms with Gasteiger partial charge in [0, 0.05) is 12.8 Å². The molecule has 8 nitrogen and oxygen atoms in total. The third-order valence-corrected chi connectivity index (χ3v) is 7.94. The van der Waals surface area contributed by atoms with Crippen molar-refractivity contribution in [1.29, 1.82) is 0 Å². The highest BCUT2D eigenvalue weighted by Crippen LogP contribution is 2.35. The molecule has 0 saturated carbocycles. The van der Waals surface area contributed by atoms with Crippen molar-refractivity contribution in [2.45, 2.75) is 155 Å². The summed E-state index contributed by atoms with van der Waals surface area (Å²) >= 11 is 0. The fourth-order valence-electron chi connectivity index (χ4n) is 4.70. The number of hydrogen-bond acceptors (Lipinski definition) is 6. The van der Waals surface area contributed by atoms with Gasteiger partial charge >= 0.3 is 19.8 Å². The summed E-state index contributed by atoms with van der Waals surface area (Å²) in [5, 5.41) is 0. The highest BCUT2D eigenvalue weighted by Gasteiger charge is 2.22. The smallest absolute Gasteiger partial charge is 0.462 e. The van der Waals surface area contributed by atoms with Crippen LogP contribution in [-0.2, 0) is 28.2 Å². The fraction of sp³-hybridized carbons (Fsp3) is 0.650. The van der Waals surface area contributed by atoms with Gasteiger partial charge in [-0.1, -0.05) is 132 Å². The largest absolute Gasteiger partial charge is 0.469 e. The Morgan fingerprint density at radius 1 is 0.551 bits per heavy atom. The van der Waals surface area contributed by atoms with E-state index in [2.05, 4.69) is 79.1 Å². The van der Waals surface area contributed by atoms with Gasteiger partial charge in [-0.05, 0) is 77.0 Å². The van der Waals surface area contributed by atoms with Gasteiger partial charge in [0.1, 0.15) is 6.61 Å². The second-order valence-electron chi connectivity index (χ2n) is 12.2. The second kappa shape index (κ2) is 35.3. The lowest BCUT2D eigenvalue weighted by atomic mass is 10.1. The standard InChI is InChI=1S/C40H67O8P/c1-3-5-7-9-11-13-15-17-19-20-21-23-25-27-29-31-33-35-40(42)48-38(37-47-49(43,44)45)36-46-39(41)34-32-30-28-26-24-22-18-16-14-12-10-8-6-4-2/h5,7,11,13,16-19,21,23,27,29,38H,3-4,6,8-10,12,14-15,20,22,24-26,28,30-37H2,1-2H3,(H2,43,44,45)/b7-5+,13-11+,18-16+,19-17+,23-21+,29-27+/t38-/m1/s1. The molecule has 2 N–H and O–H groups in total. The monoisotopic (exact) mass is 706 g/mol. The van der Waals surface area contributed by atoms with E-state index in [-0.39, 0.29) is 19.4 Å². The predicted octanol–water partition coefficient (Wildman–Crippen LogP) is 11.1. The third-order valence-electron chi connectivity index (χ3n) is 7.46. The van der Waals surface area contributed by atoms with E-state index < -0.39 is 32.5 Å². The number of rotatable bonds is 33. The quantitative estimate of drug-likeness (QED) is 0.0299. The van der Waals surface area contributed by atoms with Crippen molar-refractivity contribution in [3.63, 3.8) is 0 Å². The topological polar surface area (TPSA) is 119 Å². The van der Waals surface area contributed by atoms with Crippen molar-refractivity contribution in [2.24, 2.45) is 0 Å². The number of ether oxygens (including phenoxy) is 2. The maximum atomic E-state index is 12.3. The summed E-state index contributed by atoms with van der Waals surface area (Å²) in [7, 11) is -4.77. The third kappa shape index (κ3) is 38.1. The molecule has 0 aromatic rings. The first kappa shape index (κ1) is 46.5. The van der Waals surface area contributed by atoms with E-state index in [9.17, 15) is 14.2 Å². The average Bonchev–Trinajstić information content (AvgIpc) is 3.07. The Hall–Kier alpha value is -2.51. The average molecular weight is 707 g/mol. The van der Waals surface area contributed by atoms with Gasteiger partial charge in [-0.2, -0.15) is 0 Å². The Morgan fingerprint density at radius 2 is 1.00 bits per heavy atom. The summed E-state index contributed by atoms with van der Waals surface area (Å²) in [6.45, 7) is 3.48. The van der Waals surface area contributed by atoms with Crippen molar-refractivity contribution >= 4 is 19.8 Å². The molecule has 280 valence electrons. The molecule has 0 aliphatic rings. The van der Waals surface area contributed by atoms with Gasteiger partial charge in [0.15, 0.2) is 6.10 Å². The van der Waals surface area contributed by atoms with Gasteiger partial charge in [-0.25, -0.2) is 4.57 Å². The SMILES string of the molecule is CC/C=C/C/C=C/C/C=C/C/C=C/C/C=C/CCCC(=O)O[C@H](COC(=O)CCCCCCC/C=C/CCCCCCC)COP(=O)(O)O. The Balaban J connectivity index is 4.11. The van der Waals surface area contributed by atoms with E-state index in [4.69, 9.17) is 19.3 Å². The lowest BCUT2D eigenvalue weighted by Gasteiger charge is -2.18. The van der Waals surface area contributed by atoms with Crippen LogP contribution in [0.15, 0.2) is 72.9 Å². The van der Waals surface area contributed by atoms with Gasteiger partial charge in [0.25, 0.3) is 0 Å². The number of phosphoric acid groups is 1. The molecule has 0 amide bonds. The molecule has 0 fully saturated rings. The molecule has 0 bridgehead atoms. The second-order valence-corrected chi connectivity index (χ2v) is 13.4. The summed E-state index contributed by atoms with van der Waals surface area (Å²) in [5.74, 6) is -0.970. The molecular weight excluding hydrogens is 639 g/mol. The van der Waals surface area contributed by atoms with Crippen LogP contribution in [0.5, 0.6) is 0 Å². The van der Waals surface area contributed by atoms with Crippen LogP contribution in [0.4, 0.5) is 0 Å². The number of carbonyl (C=O) groups is 2. The highest BCUT2D eigenvalue weighted by molar-refractivity contribution is 7.46. The Labute approximate surface area is 298 Å². The molecule has 0 spiro atoms. The van der Waals surface area contributed by atoms with Crippen molar-refractivity contribution in [2.75, 3.05) is 13.2 Å². The number of carbonyl (C=O) groups excluding carboxylic acids is 2. The van der Waals surface area contributed by atoms with Crippen molar-refractivity contribution in [3.05, 3.63) is 72.9 Å². The molecule has 49 heavy (non-hydrogen) atoms. The number of allylic oxidation sites excluding steroid dienone is 12. The summed E-state index contributed by atoms with van der Waals surface area (Å²) in [4.78, 5) is 42.7. The normalized spacial score (nSPS) is 13.3. The number of esters is 2. The predicted molar refractivity (Wildman–Crippen MR) is 202 cm³/mol. The first-order valence-electron chi connectivity index (χ1n) is 18.7. The minimum Gasteiger partial charge on any atom is -0.462 e. The lowest BCUT2D eigenvalue weighted by molar-refractivity contribution is -0.161. The van der Waals surface area contributed by atoms with Crippen LogP contribution < -0.4 is 0 Å². The van der Waals surface area contributed by atoms with E-state index in [1.54, 1.807) is 0 Å². The molecule has 0 radical (unpaired) electrons. The van der Waals surface area contributed by atoms with E-state index in [0.717, 1.165) is 64.2 Å². The highest BCUT2D eigenvalue weighted by atomic mass is 31.2. The summed E-state index contributed by atoms with van der Waals surface area (Å²) in [6, 6.07) is 0. The van der Waals surface area contributed by atoms with Crippen molar-refractivity contribution < 1.29 is 37.9 Å². The Bertz CT molecular complexity index is 1020. The molecule has 0 saturated heterocycles. The van der Waals surface area contributed by atoms with E-state index >= 15 is 0 Å². The van der Waals surface area contributed by atoms with Gasteiger partial charge in [0.2, 0.25) is 0 Å². The number of hydrogen-bond donors (Lipinski definition) is 2. The van der Waals surface area contributed by atoms with Crippen LogP contribution in [0.3, 0.4) is 0 Å². The minimum absolute atomic E-state index is 0.128. The first-order valence-corrected chi connectivity index (χ1v) is 20.3. The Kier molecular flexibility index (Phi) is 33.5.